The number of hydrogen-bond acceptors (Lipinski definition) is 2. The predicted molar refractivity (Wildman–Crippen MR) is 52.8 cm³/mol. The summed E-state index contributed by atoms with van der Waals surface area (Å²) in [6.07, 6.45) is 0. The van der Waals surface area contributed by atoms with E-state index in [0.29, 0.717) is 0 Å². The fraction of sp³-hybridized carbons (Fsp3) is 0. The van der Waals surface area contributed by atoms with Crippen LogP contribution in [0.4, 0.5) is 0 Å². The average Bonchev–Trinajstić information content (AvgIpc) is 2.27. The number of aromatic amines is 1. The molecule has 1 aromatic heterocycles. The standard InChI is InChI=1S/C7H5NS2.Ca/c9-7-8-5-3-1-2-4-6(5)10-7;/h1-4H,(H,8,9);. The number of nitrogens with one attached hydrogen (secondary N) is 1. The fourth-order valence-corrected chi connectivity index (χ4v) is 2.01. The van der Waals surface area contributed by atoms with Crippen LogP contribution in [-0.2, 0) is 0 Å². The number of aromatic nitrogens is 1. The molecule has 0 aliphatic heterocycles. The maximum Gasteiger partial charge on any atom is 0.159 e. The molecule has 0 atom stereocenters. The number of para-hydroxylation sites is 1. The van der Waals surface area contributed by atoms with E-state index < -0.39 is 0 Å². The molecule has 0 spiro atoms. The molecular weight excluding hydrogens is 202 g/mol. The SMILES string of the molecule is S=c1[nH]c2ccccc2s1.[Ca]. The summed E-state index contributed by atoms with van der Waals surface area (Å²) in [6.45, 7) is 0. The topological polar surface area (TPSA) is 15.8 Å². The van der Waals surface area contributed by atoms with Gasteiger partial charge in [-0.25, -0.2) is 0 Å². The van der Waals surface area contributed by atoms with Gasteiger partial charge in [0.15, 0.2) is 3.95 Å². The van der Waals surface area contributed by atoms with Crippen LogP contribution in [0.2, 0.25) is 0 Å². The smallest absolute Gasteiger partial charge is 0.159 e. The molecule has 0 amide bonds. The van der Waals surface area contributed by atoms with E-state index in [4.69, 9.17) is 12.2 Å². The molecule has 0 saturated heterocycles. The third-order valence-corrected chi connectivity index (χ3v) is 2.54. The van der Waals surface area contributed by atoms with Crippen LogP contribution in [0.25, 0.3) is 10.2 Å². The van der Waals surface area contributed by atoms with Gasteiger partial charge in [0.25, 0.3) is 0 Å². The van der Waals surface area contributed by atoms with E-state index in [-0.39, 0.29) is 37.7 Å². The van der Waals surface area contributed by atoms with Gasteiger partial charge in [0, 0.05) is 37.7 Å². The van der Waals surface area contributed by atoms with Crippen LogP contribution in [-0.4, -0.2) is 42.7 Å². The van der Waals surface area contributed by atoms with Crippen LogP contribution in [0.15, 0.2) is 24.3 Å². The number of hydrogen-bond donors (Lipinski definition) is 1. The quantitative estimate of drug-likeness (QED) is 0.518. The Morgan fingerprint density at radius 2 is 2.00 bits per heavy atom. The van der Waals surface area contributed by atoms with Crippen molar-refractivity contribution in [1.29, 1.82) is 0 Å². The second-order valence-electron chi connectivity index (χ2n) is 2.01. The average molecular weight is 207 g/mol. The normalized spacial score (nSPS) is 9.45. The van der Waals surface area contributed by atoms with E-state index >= 15 is 0 Å². The molecule has 2 aromatic rings. The van der Waals surface area contributed by atoms with Crippen molar-refractivity contribution in [3.05, 3.63) is 28.2 Å². The van der Waals surface area contributed by atoms with Gasteiger partial charge in [0.1, 0.15) is 0 Å². The Morgan fingerprint density at radius 3 is 2.73 bits per heavy atom. The summed E-state index contributed by atoms with van der Waals surface area (Å²) in [5, 5.41) is 0. The Labute approximate surface area is 103 Å². The van der Waals surface area contributed by atoms with Gasteiger partial charge in [0.05, 0.1) is 10.2 Å². The van der Waals surface area contributed by atoms with Crippen LogP contribution < -0.4 is 0 Å². The van der Waals surface area contributed by atoms with Gasteiger partial charge >= 0.3 is 0 Å². The van der Waals surface area contributed by atoms with Crippen LogP contribution in [0, 0.1) is 3.95 Å². The van der Waals surface area contributed by atoms with Crippen molar-refractivity contribution >= 4 is 71.5 Å². The summed E-state index contributed by atoms with van der Waals surface area (Å²) in [5.41, 5.74) is 1.14. The van der Waals surface area contributed by atoms with E-state index in [1.54, 1.807) is 11.3 Å². The Bertz CT molecular complexity index is 368. The maximum atomic E-state index is 4.98. The van der Waals surface area contributed by atoms with E-state index in [1.165, 1.54) is 4.70 Å². The molecule has 52 valence electrons. The van der Waals surface area contributed by atoms with Crippen LogP contribution in [0.1, 0.15) is 0 Å². The van der Waals surface area contributed by atoms with Gasteiger partial charge in [0.2, 0.25) is 0 Å². The largest absolute Gasteiger partial charge is 0.337 e. The van der Waals surface area contributed by atoms with Gasteiger partial charge in [-0.1, -0.05) is 12.1 Å². The summed E-state index contributed by atoms with van der Waals surface area (Å²) in [4.78, 5) is 3.09. The van der Waals surface area contributed by atoms with E-state index in [1.807, 2.05) is 18.2 Å². The Hall–Kier alpha value is 0.590. The van der Waals surface area contributed by atoms with E-state index in [9.17, 15) is 0 Å². The molecule has 2 radical (unpaired) electrons. The van der Waals surface area contributed by atoms with E-state index in [2.05, 4.69) is 11.1 Å². The van der Waals surface area contributed by atoms with Crippen LogP contribution in [0.5, 0.6) is 0 Å². The number of fused-ring (bicyclic) bond motifs is 1. The first-order valence-electron chi connectivity index (χ1n) is 2.94. The summed E-state index contributed by atoms with van der Waals surface area (Å²) >= 11 is 6.59. The van der Waals surface area contributed by atoms with Gasteiger partial charge in [-0.05, 0) is 24.4 Å². The molecule has 4 heteroatoms. The Balaban J connectivity index is 0.000000605. The first kappa shape index (κ1) is 9.68. The number of benzene rings is 1. The van der Waals surface area contributed by atoms with Gasteiger partial charge in [-0.3, -0.25) is 0 Å². The molecule has 0 fully saturated rings. The molecule has 11 heavy (non-hydrogen) atoms. The van der Waals surface area contributed by atoms with Crippen molar-refractivity contribution < 1.29 is 0 Å². The first-order chi connectivity index (χ1) is 4.86. The minimum Gasteiger partial charge on any atom is -0.337 e. The Morgan fingerprint density at radius 1 is 1.27 bits per heavy atom. The summed E-state index contributed by atoms with van der Waals surface area (Å²) in [7, 11) is 0. The van der Waals surface area contributed by atoms with Crippen molar-refractivity contribution in [2.75, 3.05) is 0 Å². The summed E-state index contributed by atoms with van der Waals surface area (Å²) < 4.78 is 2.08. The molecule has 1 aromatic carbocycles. The van der Waals surface area contributed by atoms with Crippen molar-refractivity contribution in [3.8, 4) is 0 Å². The predicted octanol–water partition coefficient (Wildman–Crippen LogP) is 2.58. The molecule has 0 saturated carbocycles. The zero-order chi connectivity index (χ0) is 6.97. The molecule has 1 heterocycles. The molecule has 2 rings (SSSR count). The van der Waals surface area contributed by atoms with Crippen LogP contribution >= 0.6 is 23.6 Å². The third-order valence-electron chi connectivity index (χ3n) is 1.33. The molecular formula is C7H5CaNS2. The van der Waals surface area contributed by atoms with Crippen molar-refractivity contribution in [2.24, 2.45) is 0 Å². The fourth-order valence-electron chi connectivity index (χ4n) is 0.894. The van der Waals surface area contributed by atoms with E-state index in [0.717, 1.165) is 9.47 Å². The molecule has 0 aliphatic carbocycles. The van der Waals surface area contributed by atoms with Gasteiger partial charge in [-0.2, -0.15) is 0 Å². The first-order valence-corrected chi connectivity index (χ1v) is 4.16. The Kier molecular flexibility index (Phi) is 3.52. The van der Waals surface area contributed by atoms with Crippen molar-refractivity contribution in [2.45, 2.75) is 0 Å². The van der Waals surface area contributed by atoms with Gasteiger partial charge in [-0.15, -0.1) is 11.3 Å². The second-order valence-corrected chi connectivity index (χ2v) is 3.73. The van der Waals surface area contributed by atoms with Crippen molar-refractivity contribution in [1.82, 2.24) is 4.98 Å². The minimum atomic E-state index is 0. The molecule has 1 nitrogen and oxygen atoms in total. The molecule has 0 aliphatic rings. The van der Waals surface area contributed by atoms with Crippen LogP contribution in [0.3, 0.4) is 0 Å². The number of thiazole rings is 1. The number of rotatable bonds is 0. The van der Waals surface area contributed by atoms with Crippen molar-refractivity contribution in [3.63, 3.8) is 0 Å². The third kappa shape index (κ3) is 2.04. The monoisotopic (exact) mass is 207 g/mol. The maximum absolute atomic E-state index is 4.98. The zero-order valence-corrected chi connectivity index (χ0v) is 9.67. The summed E-state index contributed by atoms with van der Waals surface area (Å²) in [5.74, 6) is 0. The molecule has 0 bridgehead atoms. The molecule has 0 unspecified atom stereocenters. The molecule has 1 N–H and O–H groups in total. The van der Waals surface area contributed by atoms with Gasteiger partial charge < -0.3 is 4.98 Å². The number of H-pyrrole nitrogens is 1. The summed E-state index contributed by atoms with van der Waals surface area (Å²) in [6, 6.07) is 8.11. The minimum absolute atomic E-state index is 0. The zero-order valence-electron chi connectivity index (χ0n) is 5.83. The second kappa shape index (κ2) is 4.01.